The molecule has 4 nitrogen and oxygen atoms in total. The topological polar surface area (TPSA) is 38.7 Å². The van der Waals surface area contributed by atoms with Gasteiger partial charge in [-0.3, -0.25) is 9.80 Å². The van der Waals surface area contributed by atoms with Crippen LogP contribution in [0.15, 0.2) is 0 Å². The summed E-state index contributed by atoms with van der Waals surface area (Å²) in [6, 6.07) is 1.57. The lowest BCUT2D eigenvalue weighted by atomic mass is 10.0. The number of nitrogens with zero attached hydrogens (tertiary/aromatic N) is 2. The van der Waals surface area contributed by atoms with Gasteiger partial charge in [-0.05, 0) is 32.6 Å². The molecule has 2 saturated carbocycles. The molecule has 0 aromatic carbocycles. The minimum absolute atomic E-state index is 0.108. The molecule has 1 unspecified atom stereocenters. The summed E-state index contributed by atoms with van der Waals surface area (Å²) < 4.78 is 0. The summed E-state index contributed by atoms with van der Waals surface area (Å²) in [6.45, 7) is 8.16. The highest BCUT2D eigenvalue weighted by molar-refractivity contribution is 4.95. The molecule has 1 heterocycles. The first kappa shape index (κ1) is 12.9. The fourth-order valence-corrected chi connectivity index (χ4v) is 3.08. The molecule has 0 aromatic heterocycles. The quantitative estimate of drug-likeness (QED) is 0.713. The number of rotatable bonds is 6. The standard InChI is InChI=1S/C14H27N3O/c1-14(11-18,15-12-2-3-12)10-16-6-8-17(9-7-16)13-4-5-13/h12-13,15,18H,2-11H2,1H3. The second kappa shape index (κ2) is 5.08. The number of nitrogens with one attached hydrogen (secondary N) is 1. The maximum absolute atomic E-state index is 9.64. The normalized spacial score (nSPS) is 30.3. The zero-order valence-corrected chi connectivity index (χ0v) is 11.6. The average molecular weight is 253 g/mol. The van der Waals surface area contributed by atoms with E-state index >= 15 is 0 Å². The molecule has 104 valence electrons. The number of aliphatic hydroxyl groups excluding tert-OH is 1. The molecule has 0 aromatic rings. The van der Waals surface area contributed by atoms with E-state index in [0.29, 0.717) is 6.04 Å². The van der Waals surface area contributed by atoms with Crippen LogP contribution in [0.4, 0.5) is 0 Å². The highest BCUT2D eigenvalue weighted by Crippen LogP contribution is 2.28. The van der Waals surface area contributed by atoms with Crippen LogP contribution in [0, 0.1) is 0 Å². The minimum Gasteiger partial charge on any atom is -0.394 e. The predicted molar refractivity (Wildman–Crippen MR) is 72.7 cm³/mol. The van der Waals surface area contributed by atoms with Gasteiger partial charge in [0.2, 0.25) is 0 Å². The van der Waals surface area contributed by atoms with Crippen LogP contribution in [-0.4, -0.2) is 71.9 Å². The van der Waals surface area contributed by atoms with Crippen LogP contribution >= 0.6 is 0 Å². The van der Waals surface area contributed by atoms with E-state index in [2.05, 4.69) is 22.0 Å². The maximum atomic E-state index is 9.64. The Balaban J connectivity index is 1.46. The Labute approximate surface area is 110 Å². The first-order chi connectivity index (χ1) is 8.68. The zero-order chi connectivity index (χ0) is 12.6. The Morgan fingerprint density at radius 3 is 2.28 bits per heavy atom. The van der Waals surface area contributed by atoms with Crippen molar-refractivity contribution in [2.24, 2.45) is 0 Å². The van der Waals surface area contributed by atoms with E-state index in [1.807, 2.05) is 0 Å². The van der Waals surface area contributed by atoms with Crippen LogP contribution in [0.3, 0.4) is 0 Å². The molecule has 3 rings (SSSR count). The molecule has 2 N–H and O–H groups in total. The van der Waals surface area contributed by atoms with Gasteiger partial charge in [-0.2, -0.15) is 0 Å². The Hall–Kier alpha value is -0.160. The summed E-state index contributed by atoms with van der Waals surface area (Å²) in [5.41, 5.74) is -0.108. The van der Waals surface area contributed by atoms with Crippen molar-refractivity contribution in [2.45, 2.75) is 50.2 Å². The molecule has 3 fully saturated rings. The van der Waals surface area contributed by atoms with Crippen molar-refractivity contribution < 1.29 is 5.11 Å². The number of hydrogen-bond donors (Lipinski definition) is 2. The lowest BCUT2D eigenvalue weighted by molar-refractivity contribution is 0.0749. The monoisotopic (exact) mass is 253 g/mol. The van der Waals surface area contributed by atoms with E-state index in [-0.39, 0.29) is 12.1 Å². The van der Waals surface area contributed by atoms with Crippen LogP contribution in [0.25, 0.3) is 0 Å². The lowest BCUT2D eigenvalue weighted by Crippen LogP contribution is -2.58. The third kappa shape index (κ3) is 3.23. The van der Waals surface area contributed by atoms with Gasteiger partial charge >= 0.3 is 0 Å². The Kier molecular flexibility index (Phi) is 3.63. The van der Waals surface area contributed by atoms with Crippen molar-refractivity contribution >= 4 is 0 Å². The highest BCUT2D eigenvalue weighted by Gasteiger charge is 2.36. The fourth-order valence-electron chi connectivity index (χ4n) is 3.08. The van der Waals surface area contributed by atoms with Gasteiger partial charge in [0.1, 0.15) is 0 Å². The predicted octanol–water partition coefficient (Wildman–Crippen LogP) is 0.269. The van der Waals surface area contributed by atoms with Crippen molar-refractivity contribution in [2.75, 3.05) is 39.3 Å². The van der Waals surface area contributed by atoms with Crippen molar-refractivity contribution in [1.29, 1.82) is 0 Å². The average Bonchev–Trinajstić information content (AvgIpc) is 3.24. The van der Waals surface area contributed by atoms with E-state index < -0.39 is 0 Å². The smallest absolute Gasteiger partial charge is 0.0623 e. The Morgan fingerprint density at radius 1 is 1.11 bits per heavy atom. The molecule has 1 aliphatic heterocycles. The minimum atomic E-state index is -0.108. The van der Waals surface area contributed by atoms with Gasteiger partial charge in [0.25, 0.3) is 0 Å². The molecule has 0 spiro atoms. The van der Waals surface area contributed by atoms with Gasteiger partial charge in [0.15, 0.2) is 0 Å². The third-order valence-corrected chi connectivity index (χ3v) is 4.52. The molecule has 1 atom stereocenters. The first-order valence-electron chi connectivity index (χ1n) is 7.53. The molecule has 0 bridgehead atoms. The molecular formula is C14H27N3O. The van der Waals surface area contributed by atoms with E-state index in [4.69, 9.17) is 0 Å². The van der Waals surface area contributed by atoms with Crippen LogP contribution < -0.4 is 5.32 Å². The van der Waals surface area contributed by atoms with E-state index in [0.717, 1.165) is 12.6 Å². The molecule has 2 aliphatic carbocycles. The SMILES string of the molecule is CC(CO)(CN1CCN(C2CC2)CC1)NC1CC1. The molecule has 3 aliphatic rings. The number of piperazine rings is 1. The molecule has 0 amide bonds. The van der Waals surface area contributed by atoms with Gasteiger partial charge in [-0.15, -0.1) is 0 Å². The van der Waals surface area contributed by atoms with E-state index in [1.54, 1.807) is 0 Å². The van der Waals surface area contributed by atoms with Gasteiger partial charge in [0, 0.05) is 44.8 Å². The molecule has 18 heavy (non-hydrogen) atoms. The fraction of sp³-hybridized carbons (Fsp3) is 1.00. The van der Waals surface area contributed by atoms with Crippen LogP contribution in [0.2, 0.25) is 0 Å². The number of aliphatic hydroxyl groups is 1. The molecule has 4 heteroatoms. The van der Waals surface area contributed by atoms with Crippen molar-refractivity contribution in [3.05, 3.63) is 0 Å². The summed E-state index contributed by atoms with van der Waals surface area (Å²) in [7, 11) is 0. The van der Waals surface area contributed by atoms with Crippen molar-refractivity contribution in [3.63, 3.8) is 0 Å². The van der Waals surface area contributed by atoms with Gasteiger partial charge in [0.05, 0.1) is 12.1 Å². The summed E-state index contributed by atoms with van der Waals surface area (Å²) in [5, 5.41) is 13.2. The van der Waals surface area contributed by atoms with Gasteiger partial charge in [-0.1, -0.05) is 0 Å². The molecular weight excluding hydrogens is 226 g/mol. The van der Waals surface area contributed by atoms with Crippen LogP contribution in [0.1, 0.15) is 32.6 Å². The zero-order valence-electron chi connectivity index (χ0n) is 11.6. The van der Waals surface area contributed by atoms with Crippen LogP contribution in [0.5, 0.6) is 0 Å². The second-order valence-electron chi connectivity index (χ2n) is 6.68. The maximum Gasteiger partial charge on any atom is 0.0623 e. The van der Waals surface area contributed by atoms with E-state index in [1.165, 1.54) is 51.9 Å². The first-order valence-corrected chi connectivity index (χ1v) is 7.53. The van der Waals surface area contributed by atoms with Crippen LogP contribution in [-0.2, 0) is 0 Å². The molecule has 1 saturated heterocycles. The second-order valence-corrected chi connectivity index (χ2v) is 6.68. The number of hydrogen-bond acceptors (Lipinski definition) is 4. The van der Waals surface area contributed by atoms with E-state index in [9.17, 15) is 5.11 Å². The molecule has 0 radical (unpaired) electrons. The summed E-state index contributed by atoms with van der Waals surface area (Å²) in [4.78, 5) is 5.16. The Morgan fingerprint density at radius 2 is 1.78 bits per heavy atom. The summed E-state index contributed by atoms with van der Waals surface area (Å²) in [6.07, 6.45) is 5.39. The highest BCUT2D eigenvalue weighted by atomic mass is 16.3. The van der Waals surface area contributed by atoms with Gasteiger partial charge < -0.3 is 10.4 Å². The summed E-state index contributed by atoms with van der Waals surface area (Å²) >= 11 is 0. The largest absolute Gasteiger partial charge is 0.394 e. The van der Waals surface area contributed by atoms with Crippen molar-refractivity contribution in [3.8, 4) is 0 Å². The van der Waals surface area contributed by atoms with Crippen molar-refractivity contribution in [1.82, 2.24) is 15.1 Å². The van der Waals surface area contributed by atoms with Gasteiger partial charge in [-0.25, -0.2) is 0 Å². The third-order valence-electron chi connectivity index (χ3n) is 4.52. The lowest BCUT2D eigenvalue weighted by Gasteiger charge is -2.40. The Bertz CT molecular complexity index is 283. The summed E-state index contributed by atoms with van der Waals surface area (Å²) in [5.74, 6) is 0.